The predicted octanol–water partition coefficient (Wildman–Crippen LogP) is 5.01. The van der Waals surface area contributed by atoms with E-state index in [1.54, 1.807) is 0 Å². The first-order valence-corrected chi connectivity index (χ1v) is 10.5. The summed E-state index contributed by atoms with van der Waals surface area (Å²) in [5.74, 6) is -3.78. The van der Waals surface area contributed by atoms with Gasteiger partial charge in [-0.25, -0.2) is 8.78 Å². The summed E-state index contributed by atoms with van der Waals surface area (Å²) in [5.41, 5.74) is -0.319. The van der Waals surface area contributed by atoms with Crippen molar-refractivity contribution in [2.75, 3.05) is 0 Å². The molecule has 0 saturated heterocycles. The first-order chi connectivity index (χ1) is 16.5. The van der Waals surface area contributed by atoms with Crippen LogP contribution in [0.25, 0.3) is 0 Å². The number of nitrogens with one attached hydrogen (secondary N) is 1. The molecule has 2 amide bonds. The van der Waals surface area contributed by atoms with Gasteiger partial charge in [0.1, 0.15) is 11.8 Å². The van der Waals surface area contributed by atoms with Gasteiger partial charge in [0, 0.05) is 18.7 Å². The van der Waals surface area contributed by atoms with E-state index in [4.69, 9.17) is 0 Å². The first-order valence-electron chi connectivity index (χ1n) is 10.5. The van der Waals surface area contributed by atoms with Crippen LogP contribution in [-0.4, -0.2) is 21.8 Å². The van der Waals surface area contributed by atoms with E-state index in [1.165, 1.54) is 43.3 Å². The smallest absolute Gasteiger partial charge is 0.416 e. The Morgan fingerprint density at radius 2 is 1.77 bits per heavy atom. The van der Waals surface area contributed by atoms with Crippen LogP contribution >= 0.6 is 0 Å². The van der Waals surface area contributed by atoms with Crippen LogP contribution in [0.4, 0.5) is 22.0 Å². The van der Waals surface area contributed by atoms with E-state index in [0.717, 1.165) is 23.1 Å². The van der Waals surface area contributed by atoms with Gasteiger partial charge in [0.05, 0.1) is 11.1 Å². The molecule has 1 aliphatic rings. The summed E-state index contributed by atoms with van der Waals surface area (Å²) in [6.07, 6.45) is -4.62. The SMILES string of the molecule is Cc1c(O)ccc2c1C(=O)N(Cc1ccc(F)c(F)c1)C2C(=O)NCc1ccccc1C(F)(F)F. The van der Waals surface area contributed by atoms with Crippen molar-refractivity contribution in [3.63, 3.8) is 0 Å². The molecule has 3 aromatic carbocycles. The number of hydrogen-bond donors (Lipinski definition) is 2. The average Bonchev–Trinajstić information content (AvgIpc) is 3.08. The molecule has 3 aromatic rings. The van der Waals surface area contributed by atoms with Crippen molar-refractivity contribution in [2.45, 2.75) is 32.2 Å². The number of carbonyl (C=O) groups excluding carboxylic acids is 2. The third kappa shape index (κ3) is 4.55. The lowest BCUT2D eigenvalue weighted by atomic mass is 9.99. The van der Waals surface area contributed by atoms with Crippen molar-refractivity contribution >= 4 is 11.8 Å². The summed E-state index contributed by atoms with van der Waals surface area (Å²) in [5, 5.41) is 12.5. The number of rotatable bonds is 5. The Kier molecular flexibility index (Phi) is 6.23. The Bertz CT molecular complexity index is 1320. The number of phenolic OH excluding ortho intramolecular Hbond substituents is 1. The largest absolute Gasteiger partial charge is 0.508 e. The molecule has 0 spiro atoms. The fourth-order valence-corrected chi connectivity index (χ4v) is 4.17. The number of benzene rings is 3. The van der Waals surface area contributed by atoms with Gasteiger partial charge in [-0.1, -0.05) is 30.3 Å². The maximum Gasteiger partial charge on any atom is 0.416 e. The Morgan fingerprint density at radius 1 is 1.06 bits per heavy atom. The molecule has 10 heteroatoms. The van der Waals surface area contributed by atoms with E-state index in [2.05, 4.69) is 5.32 Å². The number of hydrogen-bond acceptors (Lipinski definition) is 3. The summed E-state index contributed by atoms with van der Waals surface area (Å²) in [4.78, 5) is 27.5. The highest BCUT2D eigenvalue weighted by molar-refractivity contribution is 6.06. The lowest BCUT2D eigenvalue weighted by Crippen LogP contribution is -2.38. The van der Waals surface area contributed by atoms with Gasteiger partial charge in [-0.15, -0.1) is 0 Å². The van der Waals surface area contributed by atoms with Crippen molar-refractivity contribution in [3.8, 4) is 5.75 Å². The predicted molar refractivity (Wildman–Crippen MR) is 115 cm³/mol. The molecule has 1 atom stereocenters. The Labute approximate surface area is 196 Å². The molecule has 1 heterocycles. The molecule has 35 heavy (non-hydrogen) atoms. The van der Waals surface area contributed by atoms with Crippen molar-refractivity contribution in [1.82, 2.24) is 10.2 Å². The number of alkyl halides is 3. The number of nitrogens with zero attached hydrogens (tertiary/aromatic N) is 1. The van der Waals surface area contributed by atoms with Crippen LogP contribution in [0.5, 0.6) is 5.75 Å². The molecule has 1 unspecified atom stereocenters. The molecule has 0 radical (unpaired) electrons. The molecule has 0 saturated carbocycles. The molecule has 0 aliphatic carbocycles. The summed E-state index contributed by atoms with van der Waals surface area (Å²) in [6.45, 7) is 0.758. The van der Waals surface area contributed by atoms with Crippen LogP contribution in [-0.2, 0) is 24.1 Å². The zero-order valence-electron chi connectivity index (χ0n) is 18.3. The van der Waals surface area contributed by atoms with Crippen molar-refractivity contribution in [1.29, 1.82) is 0 Å². The van der Waals surface area contributed by atoms with Crippen LogP contribution in [0, 0.1) is 18.6 Å². The lowest BCUT2D eigenvalue weighted by Gasteiger charge is -2.25. The Balaban J connectivity index is 1.67. The second-order valence-electron chi connectivity index (χ2n) is 8.13. The zero-order valence-corrected chi connectivity index (χ0v) is 18.3. The second kappa shape index (κ2) is 9.01. The monoisotopic (exact) mass is 490 g/mol. The number of halogens is 5. The molecule has 5 nitrogen and oxygen atoms in total. The summed E-state index contributed by atoms with van der Waals surface area (Å²) in [6, 6.07) is 9.25. The maximum absolute atomic E-state index is 13.7. The molecule has 0 fully saturated rings. The van der Waals surface area contributed by atoms with E-state index in [1.807, 2.05) is 0 Å². The van der Waals surface area contributed by atoms with Crippen LogP contribution < -0.4 is 5.32 Å². The van der Waals surface area contributed by atoms with Gasteiger partial charge in [0.25, 0.3) is 5.91 Å². The molecular weight excluding hydrogens is 471 g/mol. The highest BCUT2D eigenvalue weighted by Crippen LogP contribution is 2.40. The standard InChI is InChI=1S/C25H19F5N2O3/c1-13-20(33)9-7-16-21(13)24(35)32(12-14-6-8-18(26)19(27)10-14)22(16)23(34)31-11-15-4-2-3-5-17(15)25(28,29)30/h2-10,22,33H,11-12H2,1H3,(H,31,34). The van der Waals surface area contributed by atoms with Crippen LogP contribution in [0.1, 0.15) is 44.2 Å². The number of aromatic hydroxyl groups is 1. The maximum atomic E-state index is 13.7. The van der Waals surface area contributed by atoms with Crippen molar-refractivity contribution in [3.05, 3.63) is 99.6 Å². The molecule has 182 valence electrons. The number of carbonyl (C=O) groups is 2. The van der Waals surface area contributed by atoms with Crippen LogP contribution in [0.15, 0.2) is 54.6 Å². The van der Waals surface area contributed by atoms with E-state index >= 15 is 0 Å². The van der Waals surface area contributed by atoms with Gasteiger partial charge in [0.15, 0.2) is 11.6 Å². The summed E-state index contributed by atoms with van der Waals surface area (Å²) < 4.78 is 67.1. The van der Waals surface area contributed by atoms with Gasteiger partial charge in [-0.05, 0) is 47.9 Å². The third-order valence-electron chi connectivity index (χ3n) is 5.91. The average molecular weight is 490 g/mol. The van der Waals surface area contributed by atoms with E-state index in [-0.39, 0.29) is 40.1 Å². The third-order valence-corrected chi connectivity index (χ3v) is 5.91. The fraction of sp³-hybridized carbons (Fsp3) is 0.200. The minimum absolute atomic E-state index is 0.0726. The molecule has 4 rings (SSSR count). The van der Waals surface area contributed by atoms with Crippen molar-refractivity contribution in [2.24, 2.45) is 0 Å². The molecule has 0 bridgehead atoms. The first kappa shape index (κ1) is 24.2. The van der Waals surface area contributed by atoms with Crippen LogP contribution in [0.3, 0.4) is 0 Å². The topological polar surface area (TPSA) is 69.6 Å². The zero-order chi connectivity index (χ0) is 25.5. The highest BCUT2D eigenvalue weighted by atomic mass is 19.4. The molecular formula is C25H19F5N2O3. The molecule has 1 aliphatic heterocycles. The van der Waals surface area contributed by atoms with Gasteiger partial charge >= 0.3 is 6.18 Å². The Morgan fingerprint density at radius 3 is 2.46 bits per heavy atom. The van der Waals surface area contributed by atoms with Gasteiger partial charge in [-0.2, -0.15) is 13.2 Å². The number of phenols is 1. The van der Waals surface area contributed by atoms with Gasteiger partial charge in [0.2, 0.25) is 5.91 Å². The quantitative estimate of drug-likeness (QED) is 0.494. The van der Waals surface area contributed by atoms with Crippen molar-refractivity contribution < 1.29 is 36.6 Å². The van der Waals surface area contributed by atoms with Gasteiger partial charge < -0.3 is 15.3 Å². The minimum Gasteiger partial charge on any atom is -0.508 e. The Hall–Kier alpha value is -3.95. The van der Waals surface area contributed by atoms with Gasteiger partial charge in [-0.3, -0.25) is 9.59 Å². The van der Waals surface area contributed by atoms with E-state index in [9.17, 15) is 36.6 Å². The summed E-state index contributed by atoms with van der Waals surface area (Å²) >= 11 is 0. The number of amides is 2. The fourth-order valence-electron chi connectivity index (χ4n) is 4.17. The van der Waals surface area contributed by atoms with Crippen LogP contribution in [0.2, 0.25) is 0 Å². The number of fused-ring (bicyclic) bond motifs is 1. The van der Waals surface area contributed by atoms with E-state index in [0.29, 0.717) is 0 Å². The highest BCUT2D eigenvalue weighted by Gasteiger charge is 2.42. The molecule has 2 N–H and O–H groups in total. The molecule has 0 aromatic heterocycles. The minimum atomic E-state index is -4.62. The van der Waals surface area contributed by atoms with E-state index < -0.39 is 47.8 Å². The normalized spacial score (nSPS) is 15.3. The summed E-state index contributed by atoms with van der Waals surface area (Å²) in [7, 11) is 0. The second-order valence-corrected chi connectivity index (χ2v) is 8.13. The lowest BCUT2D eigenvalue weighted by molar-refractivity contribution is -0.138.